The second kappa shape index (κ2) is 12.0. The predicted molar refractivity (Wildman–Crippen MR) is 159 cm³/mol. The quantitative estimate of drug-likeness (QED) is 0.205. The summed E-state index contributed by atoms with van der Waals surface area (Å²) in [7, 11) is -4.11. The van der Waals surface area contributed by atoms with Crippen molar-refractivity contribution in [3.05, 3.63) is 107 Å². The van der Waals surface area contributed by atoms with Gasteiger partial charge in [0.25, 0.3) is 0 Å². The molecule has 1 amide bonds. The molecule has 1 aliphatic carbocycles. The first kappa shape index (κ1) is 28.0. The van der Waals surface area contributed by atoms with E-state index in [9.17, 15) is 13.2 Å². The second-order valence-corrected chi connectivity index (χ2v) is 12.6. The average molecular weight is 602 g/mol. The van der Waals surface area contributed by atoms with Crippen LogP contribution in [0, 0.1) is 5.92 Å². The van der Waals surface area contributed by atoms with Gasteiger partial charge in [-0.3, -0.25) is 10.1 Å². The molecule has 42 heavy (non-hydrogen) atoms. The van der Waals surface area contributed by atoms with Crippen LogP contribution in [-0.4, -0.2) is 40.5 Å². The Morgan fingerprint density at radius 3 is 2.29 bits per heavy atom. The van der Waals surface area contributed by atoms with Gasteiger partial charge in [-0.15, -0.1) is 0 Å². The van der Waals surface area contributed by atoms with E-state index in [4.69, 9.17) is 16.3 Å². The Balaban J connectivity index is 1.26. The van der Waals surface area contributed by atoms with Gasteiger partial charge in [-0.25, -0.2) is 13.4 Å². The standard InChI is InChI=1S/C31H28ClN5O4S/c32-24-11-13-26(14-12-24)42(39,40)30-28-29(35-31(36-30)34-27(38)17-21-7-3-1-4-8-21)37(20-33-28)25-15-23(16-25)19-41-18-22-9-5-2-6-10-22/h1-14,20,23,25H,15-19H2,(H,34,35,36,38). The molecule has 2 heterocycles. The van der Waals surface area contributed by atoms with Crippen molar-refractivity contribution in [2.45, 2.75) is 41.8 Å². The number of ether oxygens (including phenoxy) is 1. The molecule has 0 atom stereocenters. The molecule has 5 aromatic rings. The topological polar surface area (TPSA) is 116 Å². The average Bonchev–Trinajstić information content (AvgIpc) is 3.38. The van der Waals surface area contributed by atoms with Gasteiger partial charge in [0.2, 0.25) is 21.7 Å². The molecule has 0 spiro atoms. The smallest absolute Gasteiger partial charge is 0.232 e. The lowest BCUT2D eigenvalue weighted by molar-refractivity contribution is -0.115. The van der Waals surface area contributed by atoms with Gasteiger partial charge in [-0.1, -0.05) is 72.3 Å². The first-order chi connectivity index (χ1) is 20.4. The van der Waals surface area contributed by atoms with Crippen LogP contribution in [-0.2, 0) is 32.4 Å². The lowest BCUT2D eigenvalue weighted by Crippen LogP contribution is -2.30. The highest BCUT2D eigenvalue weighted by atomic mass is 35.5. The minimum Gasteiger partial charge on any atom is -0.376 e. The predicted octanol–water partition coefficient (Wildman–Crippen LogP) is 5.66. The van der Waals surface area contributed by atoms with Crippen LogP contribution in [0.4, 0.5) is 5.95 Å². The first-order valence-electron chi connectivity index (χ1n) is 13.6. The number of imidazole rings is 1. The van der Waals surface area contributed by atoms with Crippen LogP contribution < -0.4 is 5.32 Å². The molecule has 11 heteroatoms. The summed E-state index contributed by atoms with van der Waals surface area (Å²) < 4.78 is 35.2. The van der Waals surface area contributed by atoms with E-state index in [-0.39, 0.29) is 39.8 Å². The second-order valence-electron chi connectivity index (χ2n) is 10.3. The summed E-state index contributed by atoms with van der Waals surface area (Å²) in [6.07, 6.45) is 3.36. The summed E-state index contributed by atoms with van der Waals surface area (Å²) in [5.74, 6) is -0.0965. The molecule has 1 N–H and O–H groups in total. The van der Waals surface area contributed by atoms with Gasteiger partial charge in [0, 0.05) is 17.7 Å². The number of carbonyl (C=O) groups excluding carboxylic acids is 1. The van der Waals surface area contributed by atoms with Gasteiger partial charge < -0.3 is 9.30 Å². The van der Waals surface area contributed by atoms with E-state index >= 15 is 0 Å². The zero-order chi connectivity index (χ0) is 29.1. The minimum atomic E-state index is -4.11. The third kappa shape index (κ3) is 6.06. The molecule has 0 bridgehead atoms. The molecule has 6 rings (SSSR count). The van der Waals surface area contributed by atoms with E-state index < -0.39 is 9.84 Å². The van der Waals surface area contributed by atoms with E-state index in [1.165, 1.54) is 24.3 Å². The summed E-state index contributed by atoms with van der Waals surface area (Å²) in [6.45, 7) is 1.19. The number of rotatable bonds is 10. The number of halogens is 1. The normalized spacial score (nSPS) is 16.7. The Morgan fingerprint density at radius 1 is 0.929 bits per heavy atom. The van der Waals surface area contributed by atoms with Crippen LogP contribution >= 0.6 is 11.6 Å². The zero-order valence-electron chi connectivity index (χ0n) is 22.6. The fourth-order valence-corrected chi connectivity index (χ4v) is 6.51. The van der Waals surface area contributed by atoms with Gasteiger partial charge in [0.05, 0.1) is 24.3 Å². The van der Waals surface area contributed by atoms with Crippen molar-refractivity contribution in [1.29, 1.82) is 0 Å². The van der Waals surface area contributed by atoms with E-state index in [1.54, 1.807) is 6.33 Å². The SMILES string of the molecule is O=C(Cc1ccccc1)Nc1nc(S(=O)(=O)c2ccc(Cl)cc2)c2ncn(C3CC(COCc4ccccc4)C3)c2n1. The first-order valence-corrected chi connectivity index (χ1v) is 15.4. The third-order valence-corrected chi connectivity index (χ3v) is 9.23. The number of benzene rings is 3. The van der Waals surface area contributed by atoms with Crippen LogP contribution in [0.2, 0.25) is 5.02 Å². The number of carbonyl (C=O) groups is 1. The fourth-order valence-electron chi connectivity index (χ4n) is 5.06. The van der Waals surface area contributed by atoms with Gasteiger partial charge in [-0.2, -0.15) is 9.97 Å². The highest BCUT2D eigenvalue weighted by Crippen LogP contribution is 2.40. The summed E-state index contributed by atoms with van der Waals surface area (Å²) in [5.41, 5.74) is 2.43. The maximum Gasteiger partial charge on any atom is 0.232 e. The highest BCUT2D eigenvalue weighted by molar-refractivity contribution is 7.91. The molecule has 2 aromatic heterocycles. The Hall–Kier alpha value is -4.12. The maximum absolute atomic E-state index is 13.7. The molecule has 0 aliphatic heterocycles. The molecular formula is C31H28ClN5O4S. The Morgan fingerprint density at radius 2 is 1.60 bits per heavy atom. The molecule has 1 aliphatic rings. The van der Waals surface area contributed by atoms with Crippen molar-refractivity contribution in [2.24, 2.45) is 5.92 Å². The zero-order valence-corrected chi connectivity index (χ0v) is 24.1. The minimum absolute atomic E-state index is 0.0160. The van der Waals surface area contributed by atoms with Crippen LogP contribution in [0.1, 0.15) is 30.0 Å². The molecule has 1 fully saturated rings. The van der Waals surface area contributed by atoms with Crippen molar-refractivity contribution < 1.29 is 17.9 Å². The van der Waals surface area contributed by atoms with Crippen molar-refractivity contribution in [3.63, 3.8) is 0 Å². The van der Waals surface area contributed by atoms with E-state index in [1.807, 2.05) is 65.2 Å². The van der Waals surface area contributed by atoms with Gasteiger partial charge >= 0.3 is 0 Å². The fraction of sp³-hybridized carbons (Fsp3) is 0.226. The number of sulfone groups is 1. The van der Waals surface area contributed by atoms with Crippen molar-refractivity contribution >= 4 is 44.5 Å². The summed E-state index contributed by atoms with van der Waals surface area (Å²) in [6, 6.07) is 25.2. The number of anilines is 1. The summed E-state index contributed by atoms with van der Waals surface area (Å²) >= 11 is 5.99. The monoisotopic (exact) mass is 601 g/mol. The Bertz CT molecular complexity index is 1810. The summed E-state index contributed by atoms with van der Waals surface area (Å²) in [5, 5.41) is 2.83. The molecule has 214 valence electrons. The van der Waals surface area contributed by atoms with Gasteiger partial charge in [-0.05, 0) is 54.2 Å². The Kier molecular flexibility index (Phi) is 8.01. The molecule has 9 nitrogen and oxygen atoms in total. The third-order valence-electron chi connectivity index (χ3n) is 7.30. The number of fused-ring (bicyclic) bond motifs is 1. The Labute approximate surface area is 248 Å². The van der Waals surface area contributed by atoms with Crippen LogP contribution in [0.15, 0.2) is 101 Å². The van der Waals surface area contributed by atoms with E-state index in [0.717, 1.165) is 24.0 Å². The van der Waals surface area contributed by atoms with Crippen molar-refractivity contribution in [2.75, 3.05) is 11.9 Å². The van der Waals surface area contributed by atoms with Crippen molar-refractivity contribution in [3.8, 4) is 0 Å². The molecule has 0 unspecified atom stereocenters. The summed E-state index contributed by atoms with van der Waals surface area (Å²) in [4.78, 5) is 26.2. The molecule has 3 aromatic carbocycles. The lowest BCUT2D eigenvalue weighted by atomic mass is 9.80. The van der Waals surface area contributed by atoms with Crippen LogP contribution in [0.25, 0.3) is 11.2 Å². The maximum atomic E-state index is 13.7. The van der Waals surface area contributed by atoms with Gasteiger partial charge in [0.1, 0.15) is 5.52 Å². The lowest BCUT2D eigenvalue weighted by Gasteiger charge is -2.36. The number of amides is 1. The van der Waals surface area contributed by atoms with Crippen LogP contribution in [0.5, 0.6) is 0 Å². The molecular weight excluding hydrogens is 574 g/mol. The molecule has 0 radical (unpaired) electrons. The number of aromatic nitrogens is 4. The number of hydrogen-bond acceptors (Lipinski definition) is 7. The van der Waals surface area contributed by atoms with E-state index in [2.05, 4.69) is 20.3 Å². The number of nitrogens with one attached hydrogen (secondary N) is 1. The van der Waals surface area contributed by atoms with E-state index in [0.29, 0.717) is 29.8 Å². The van der Waals surface area contributed by atoms with Gasteiger partial charge in [0.15, 0.2) is 10.7 Å². The highest BCUT2D eigenvalue weighted by Gasteiger charge is 2.34. The van der Waals surface area contributed by atoms with Crippen LogP contribution in [0.3, 0.4) is 0 Å². The van der Waals surface area contributed by atoms with Crippen molar-refractivity contribution in [1.82, 2.24) is 19.5 Å². The number of nitrogens with zero attached hydrogens (tertiary/aromatic N) is 4. The number of hydrogen-bond donors (Lipinski definition) is 1. The molecule has 1 saturated carbocycles. The largest absolute Gasteiger partial charge is 0.376 e. The molecule has 0 saturated heterocycles.